The van der Waals surface area contributed by atoms with Crippen molar-refractivity contribution in [2.45, 2.75) is 50.7 Å². The number of hydrogen-bond donors (Lipinski definition) is 0. The third-order valence-electron chi connectivity index (χ3n) is 6.74. The van der Waals surface area contributed by atoms with Crippen LogP contribution >= 0.6 is 0 Å². The predicted molar refractivity (Wildman–Crippen MR) is 124 cm³/mol. The van der Waals surface area contributed by atoms with E-state index in [-0.39, 0.29) is 11.4 Å². The van der Waals surface area contributed by atoms with Gasteiger partial charge in [0.2, 0.25) is 5.78 Å². The Bertz CT molecular complexity index is 859. The SMILES string of the molecule is CC1(C)CC(C(=O)c2ccccn2)(N2CCCN(CC3=CC=CC=CC3)CC2)CCO1. The summed E-state index contributed by atoms with van der Waals surface area (Å²) in [5, 5.41) is 0. The molecule has 0 spiro atoms. The fraction of sp³-hybridized carbons (Fsp3) is 0.538. The second-order valence-corrected chi connectivity index (χ2v) is 9.57. The highest BCUT2D eigenvalue weighted by Crippen LogP contribution is 2.39. The molecule has 4 rings (SSSR count). The van der Waals surface area contributed by atoms with Crippen LogP contribution < -0.4 is 0 Å². The molecule has 31 heavy (non-hydrogen) atoms. The van der Waals surface area contributed by atoms with Gasteiger partial charge in [-0.1, -0.05) is 42.0 Å². The molecule has 0 radical (unpaired) electrons. The van der Waals surface area contributed by atoms with Crippen LogP contribution in [0.4, 0.5) is 0 Å². The van der Waals surface area contributed by atoms with Crippen molar-refractivity contribution in [2.75, 3.05) is 39.3 Å². The molecule has 3 aliphatic rings. The molecule has 1 atom stereocenters. The van der Waals surface area contributed by atoms with Crippen LogP contribution in [0, 0.1) is 0 Å². The molecule has 5 nitrogen and oxygen atoms in total. The highest BCUT2D eigenvalue weighted by atomic mass is 16.5. The van der Waals surface area contributed by atoms with E-state index in [0.717, 1.165) is 52.0 Å². The van der Waals surface area contributed by atoms with Crippen LogP contribution in [-0.4, -0.2) is 71.0 Å². The van der Waals surface area contributed by atoms with Crippen LogP contribution in [0.15, 0.2) is 60.3 Å². The van der Waals surface area contributed by atoms with Crippen molar-refractivity contribution in [3.05, 3.63) is 66.0 Å². The summed E-state index contributed by atoms with van der Waals surface area (Å²) in [7, 11) is 0. The molecule has 3 heterocycles. The highest BCUT2D eigenvalue weighted by molar-refractivity contribution is 6.02. The van der Waals surface area contributed by atoms with Gasteiger partial charge in [0.15, 0.2) is 0 Å². The third kappa shape index (κ3) is 5.22. The van der Waals surface area contributed by atoms with Gasteiger partial charge in [0.1, 0.15) is 5.69 Å². The Morgan fingerprint density at radius 1 is 1.13 bits per heavy atom. The zero-order chi connectivity index (χ0) is 21.7. The number of hydrogen-bond acceptors (Lipinski definition) is 5. The molecular formula is C26H35N3O2. The summed E-state index contributed by atoms with van der Waals surface area (Å²) in [6, 6.07) is 5.63. The Morgan fingerprint density at radius 2 is 2.03 bits per heavy atom. The average molecular weight is 422 g/mol. The fourth-order valence-corrected chi connectivity index (χ4v) is 5.27. The van der Waals surface area contributed by atoms with Crippen LogP contribution in [0.2, 0.25) is 0 Å². The van der Waals surface area contributed by atoms with Gasteiger partial charge in [-0.2, -0.15) is 0 Å². The van der Waals surface area contributed by atoms with Gasteiger partial charge in [0.25, 0.3) is 0 Å². The lowest BCUT2D eigenvalue weighted by atomic mass is 9.75. The van der Waals surface area contributed by atoms with Crippen molar-refractivity contribution in [1.29, 1.82) is 0 Å². The van der Waals surface area contributed by atoms with Gasteiger partial charge in [-0.15, -0.1) is 0 Å². The predicted octanol–water partition coefficient (Wildman–Crippen LogP) is 4.04. The largest absolute Gasteiger partial charge is 0.375 e. The van der Waals surface area contributed by atoms with Crippen molar-refractivity contribution in [1.82, 2.24) is 14.8 Å². The molecule has 1 aliphatic carbocycles. The molecule has 0 N–H and O–H groups in total. The lowest BCUT2D eigenvalue weighted by molar-refractivity contribution is -0.107. The first-order valence-corrected chi connectivity index (χ1v) is 11.6. The van der Waals surface area contributed by atoms with Crippen molar-refractivity contribution < 1.29 is 9.53 Å². The number of nitrogens with zero attached hydrogens (tertiary/aromatic N) is 3. The molecule has 166 valence electrons. The summed E-state index contributed by atoms with van der Waals surface area (Å²) in [4.78, 5) is 23.3. The first kappa shape index (κ1) is 22.1. The molecule has 1 aromatic heterocycles. The number of rotatable bonds is 5. The van der Waals surface area contributed by atoms with E-state index in [1.807, 2.05) is 18.2 Å². The number of carbonyl (C=O) groups excluding carboxylic acids is 1. The second-order valence-electron chi connectivity index (χ2n) is 9.57. The van der Waals surface area contributed by atoms with Crippen LogP contribution in [0.25, 0.3) is 0 Å². The molecule has 2 aliphatic heterocycles. The molecule has 1 aromatic rings. The minimum Gasteiger partial charge on any atom is -0.375 e. The monoisotopic (exact) mass is 421 g/mol. The molecule has 0 saturated carbocycles. The van der Waals surface area contributed by atoms with Crippen molar-refractivity contribution in [3.63, 3.8) is 0 Å². The number of allylic oxidation sites excluding steroid dienone is 5. The molecule has 2 fully saturated rings. The van der Waals surface area contributed by atoms with Crippen LogP contribution in [0.1, 0.15) is 50.0 Å². The first-order chi connectivity index (χ1) is 15.0. The van der Waals surface area contributed by atoms with Gasteiger partial charge in [-0.3, -0.25) is 19.6 Å². The number of aromatic nitrogens is 1. The smallest absolute Gasteiger partial charge is 0.201 e. The Hall–Kier alpha value is -2.08. The summed E-state index contributed by atoms with van der Waals surface area (Å²) < 4.78 is 6.03. The summed E-state index contributed by atoms with van der Waals surface area (Å²) in [6.45, 7) is 9.69. The molecule has 1 unspecified atom stereocenters. The summed E-state index contributed by atoms with van der Waals surface area (Å²) in [6.07, 6.45) is 16.1. The maximum Gasteiger partial charge on any atom is 0.201 e. The van der Waals surface area contributed by atoms with Crippen LogP contribution in [0.3, 0.4) is 0 Å². The zero-order valence-electron chi connectivity index (χ0n) is 18.9. The van der Waals surface area contributed by atoms with Crippen molar-refractivity contribution in [3.8, 4) is 0 Å². The van der Waals surface area contributed by atoms with Gasteiger partial charge in [0.05, 0.1) is 11.1 Å². The lowest BCUT2D eigenvalue weighted by Gasteiger charge is -2.49. The van der Waals surface area contributed by atoms with Crippen LogP contribution in [0.5, 0.6) is 0 Å². The third-order valence-corrected chi connectivity index (χ3v) is 6.74. The summed E-state index contributed by atoms with van der Waals surface area (Å²) >= 11 is 0. The topological polar surface area (TPSA) is 45.7 Å². The lowest BCUT2D eigenvalue weighted by Crippen LogP contribution is -2.62. The number of Topliss-reactive ketones (excluding diaryl/α,β-unsaturated/α-hetero) is 1. The van der Waals surface area contributed by atoms with Gasteiger partial charge >= 0.3 is 0 Å². The molecule has 0 aromatic carbocycles. The Morgan fingerprint density at radius 3 is 2.84 bits per heavy atom. The van der Waals surface area contributed by atoms with E-state index >= 15 is 0 Å². The fourth-order valence-electron chi connectivity index (χ4n) is 5.27. The van der Waals surface area contributed by atoms with E-state index in [9.17, 15) is 4.79 Å². The van der Waals surface area contributed by atoms with Gasteiger partial charge in [-0.05, 0) is 51.8 Å². The number of ketones is 1. The quantitative estimate of drug-likeness (QED) is 0.672. The molecule has 2 saturated heterocycles. The van der Waals surface area contributed by atoms with Crippen molar-refractivity contribution >= 4 is 5.78 Å². The highest BCUT2D eigenvalue weighted by Gasteiger charge is 2.50. The summed E-state index contributed by atoms with van der Waals surface area (Å²) in [5.74, 6) is 0.152. The van der Waals surface area contributed by atoms with E-state index in [1.165, 1.54) is 5.57 Å². The van der Waals surface area contributed by atoms with E-state index in [1.54, 1.807) is 6.20 Å². The van der Waals surface area contributed by atoms with E-state index in [4.69, 9.17) is 4.74 Å². The first-order valence-electron chi connectivity index (χ1n) is 11.6. The maximum absolute atomic E-state index is 13.9. The van der Waals surface area contributed by atoms with Gasteiger partial charge in [-0.25, -0.2) is 0 Å². The molecule has 0 bridgehead atoms. The van der Waals surface area contributed by atoms with E-state index < -0.39 is 5.54 Å². The van der Waals surface area contributed by atoms with Crippen LogP contribution in [-0.2, 0) is 4.74 Å². The van der Waals surface area contributed by atoms with Gasteiger partial charge < -0.3 is 4.74 Å². The van der Waals surface area contributed by atoms with Crippen molar-refractivity contribution in [2.24, 2.45) is 0 Å². The molecule has 0 amide bonds. The summed E-state index contributed by atoms with van der Waals surface area (Å²) in [5.41, 5.74) is 1.16. The maximum atomic E-state index is 13.9. The Labute approximate surface area is 186 Å². The molecular weight excluding hydrogens is 386 g/mol. The minimum atomic E-state index is -0.542. The molecule has 5 heteroatoms. The number of pyridine rings is 1. The number of ether oxygens (including phenoxy) is 1. The Kier molecular flexibility index (Phi) is 6.85. The Balaban J connectivity index is 1.53. The normalized spacial score (nSPS) is 27.4. The minimum absolute atomic E-state index is 0.152. The van der Waals surface area contributed by atoms with E-state index in [0.29, 0.717) is 18.7 Å². The zero-order valence-corrected chi connectivity index (χ0v) is 18.9. The van der Waals surface area contributed by atoms with E-state index in [2.05, 4.69) is 59.0 Å². The second kappa shape index (κ2) is 9.60. The average Bonchev–Trinajstić information content (AvgIpc) is 3.16. The van der Waals surface area contributed by atoms with Gasteiger partial charge in [0, 0.05) is 45.4 Å². The number of carbonyl (C=O) groups is 1. The standard InChI is InChI=1S/C26H35N3O2/c1-25(2)21-26(13-19-31-25,24(30)23-12-7-8-14-27-23)29-16-9-15-28(17-18-29)20-22-10-5-3-4-6-11-22/h3-8,10,12,14H,9,11,13,15-21H2,1-2H3.